The van der Waals surface area contributed by atoms with E-state index in [4.69, 9.17) is 4.74 Å². The lowest BCUT2D eigenvalue weighted by atomic mass is 9.49. The molecule has 180 valence electrons. The number of hydrogen-bond acceptors (Lipinski definition) is 5. The summed E-state index contributed by atoms with van der Waals surface area (Å²) < 4.78 is 8.03. The minimum atomic E-state index is -0.00669. The van der Waals surface area contributed by atoms with Crippen molar-refractivity contribution >= 4 is 5.91 Å². The summed E-state index contributed by atoms with van der Waals surface area (Å²) >= 11 is 0. The Morgan fingerprint density at radius 3 is 2.15 bits per heavy atom. The van der Waals surface area contributed by atoms with Gasteiger partial charge in [-0.15, -0.1) is 10.2 Å². The van der Waals surface area contributed by atoms with Crippen LogP contribution in [0, 0.1) is 41.9 Å². The van der Waals surface area contributed by atoms with Crippen molar-refractivity contribution in [1.29, 1.82) is 0 Å². The monoisotopic (exact) mass is 461 g/mol. The fourth-order valence-corrected chi connectivity index (χ4v) is 8.76. The van der Waals surface area contributed by atoms with Gasteiger partial charge in [-0.1, -0.05) is 0 Å². The van der Waals surface area contributed by atoms with Gasteiger partial charge in [0.1, 0.15) is 6.10 Å². The third kappa shape index (κ3) is 3.37. The molecule has 8 rings (SSSR count). The van der Waals surface area contributed by atoms with Crippen LogP contribution in [0.15, 0.2) is 18.3 Å². The van der Waals surface area contributed by atoms with Crippen molar-refractivity contribution < 1.29 is 9.53 Å². The molecule has 2 aromatic rings. The molecule has 1 aliphatic heterocycles. The average Bonchev–Trinajstić information content (AvgIpc) is 3.45. The highest BCUT2D eigenvalue weighted by Crippen LogP contribution is 2.61. The smallest absolute Gasteiger partial charge is 0.233 e. The molecule has 0 N–H and O–H groups in total. The number of nitrogens with zero attached hydrogens (tertiary/aromatic N) is 5. The summed E-state index contributed by atoms with van der Waals surface area (Å²) in [6.07, 6.45) is 11.9. The van der Waals surface area contributed by atoms with Crippen LogP contribution in [0.3, 0.4) is 0 Å². The number of carbonyl (C=O) groups excluding carboxylic acids is 1. The van der Waals surface area contributed by atoms with E-state index in [-0.39, 0.29) is 11.5 Å². The number of amides is 1. The van der Waals surface area contributed by atoms with Crippen LogP contribution in [0.25, 0.3) is 11.3 Å². The van der Waals surface area contributed by atoms with Gasteiger partial charge in [-0.2, -0.15) is 5.10 Å². The third-order valence-corrected chi connectivity index (χ3v) is 9.70. The molecule has 4 bridgehead atoms. The number of rotatable bonds is 4. The molecule has 0 aromatic carbocycles. The fourth-order valence-electron chi connectivity index (χ4n) is 8.76. The van der Waals surface area contributed by atoms with Gasteiger partial charge in [0.05, 0.1) is 16.8 Å². The molecule has 2 aromatic heterocycles. The summed E-state index contributed by atoms with van der Waals surface area (Å²) in [5.41, 5.74) is 2.76. The number of aromatic nitrogens is 4. The largest absolute Gasteiger partial charge is 0.473 e. The van der Waals surface area contributed by atoms with Gasteiger partial charge in [0, 0.05) is 38.0 Å². The minimum Gasteiger partial charge on any atom is -0.473 e. The first kappa shape index (κ1) is 20.9. The second kappa shape index (κ2) is 7.53. The quantitative estimate of drug-likeness (QED) is 0.688. The molecule has 5 aliphatic carbocycles. The van der Waals surface area contributed by atoms with Gasteiger partial charge in [0.15, 0.2) is 0 Å². The van der Waals surface area contributed by atoms with Crippen LogP contribution in [0.1, 0.15) is 57.1 Å². The van der Waals surface area contributed by atoms with Crippen molar-refractivity contribution in [2.75, 3.05) is 13.1 Å². The number of likely N-dealkylation sites (tertiary alicyclic amines) is 1. The van der Waals surface area contributed by atoms with Gasteiger partial charge in [-0.25, -0.2) is 0 Å². The molecule has 3 atom stereocenters. The lowest BCUT2D eigenvalue weighted by molar-refractivity contribution is -0.157. The molecule has 0 spiro atoms. The van der Waals surface area contributed by atoms with E-state index >= 15 is 0 Å². The highest BCUT2D eigenvalue weighted by Gasteiger charge is 2.57. The SMILES string of the molecule is Cc1nn(C)cc1-c1ccc(O[C@@H]2C[C@@H]3CN(C(=O)C45CC6CC(CC(C6)C4)C5)C[C@@H]3C2)nn1. The molecule has 6 fully saturated rings. The normalized spacial score (nSPS) is 37.9. The fraction of sp³-hybridized carbons (Fsp3) is 0.704. The molecule has 5 saturated carbocycles. The van der Waals surface area contributed by atoms with Gasteiger partial charge < -0.3 is 9.64 Å². The van der Waals surface area contributed by atoms with Gasteiger partial charge in [0.25, 0.3) is 0 Å². The van der Waals surface area contributed by atoms with E-state index < -0.39 is 0 Å². The second-order valence-electron chi connectivity index (χ2n) is 12.2. The van der Waals surface area contributed by atoms with Crippen LogP contribution < -0.4 is 4.74 Å². The van der Waals surface area contributed by atoms with Crippen molar-refractivity contribution in [3.8, 4) is 17.1 Å². The number of carbonyl (C=O) groups is 1. The highest BCUT2D eigenvalue weighted by atomic mass is 16.5. The first-order valence-electron chi connectivity index (χ1n) is 13.2. The molecule has 6 aliphatic rings. The zero-order valence-electron chi connectivity index (χ0n) is 20.3. The lowest BCUT2D eigenvalue weighted by Gasteiger charge is -2.56. The topological polar surface area (TPSA) is 73.1 Å². The molecule has 7 heteroatoms. The Labute approximate surface area is 201 Å². The maximum Gasteiger partial charge on any atom is 0.233 e. The maximum atomic E-state index is 13.7. The second-order valence-corrected chi connectivity index (χ2v) is 12.2. The van der Waals surface area contributed by atoms with Gasteiger partial charge >= 0.3 is 0 Å². The number of hydrogen-bond donors (Lipinski definition) is 0. The van der Waals surface area contributed by atoms with Gasteiger partial charge in [-0.05, 0) is 93.9 Å². The molecule has 1 amide bonds. The first-order chi connectivity index (χ1) is 16.4. The first-order valence-corrected chi connectivity index (χ1v) is 13.2. The number of fused-ring (bicyclic) bond motifs is 1. The van der Waals surface area contributed by atoms with Crippen LogP contribution in [-0.4, -0.2) is 50.0 Å². The van der Waals surface area contributed by atoms with Crippen molar-refractivity contribution in [2.45, 2.75) is 64.4 Å². The number of ether oxygens (including phenoxy) is 1. The molecular formula is C27H35N5O2. The standard InChI is InChI=1S/C27H35N5O2/c1-16-23(15-31(2)30-16)24-3-4-25(29-28-24)34-22-8-20-13-32(14-21(20)9-22)26(33)27-10-17-5-18(11-27)7-19(6-17)12-27/h3-4,15,17-22H,5-14H2,1-2H3/t17?,18?,19?,20-,21+,22-,27?. The molecular weight excluding hydrogens is 426 g/mol. The van der Waals surface area contributed by atoms with E-state index in [0.29, 0.717) is 23.6 Å². The van der Waals surface area contributed by atoms with Crippen LogP contribution in [0.2, 0.25) is 0 Å². The Morgan fingerprint density at radius 1 is 0.971 bits per heavy atom. The van der Waals surface area contributed by atoms with Crippen molar-refractivity contribution in [3.63, 3.8) is 0 Å². The third-order valence-electron chi connectivity index (χ3n) is 9.70. The van der Waals surface area contributed by atoms with E-state index in [9.17, 15) is 4.79 Å². The van der Waals surface area contributed by atoms with E-state index in [1.807, 2.05) is 32.3 Å². The van der Waals surface area contributed by atoms with E-state index in [1.54, 1.807) is 4.68 Å². The maximum absolute atomic E-state index is 13.7. The Bertz CT molecular complexity index is 1060. The summed E-state index contributed by atoms with van der Waals surface area (Å²) in [6, 6.07) is 3.89. The molecule has 0 radical (unpaired) electrons. The minimum absolute atomic E-state index is 0.00669. The van der Waals surface area contributed by atoms with E-state index in [2.05, 4.69) is 20.2 Å². The summed E-state index contributed by atoms with van der Waals surface area (Å²) in [4.78, 5) is 16.0. The lowest BCUT2D eigenvalue weighted by Crippen LogP contribution is -2.54. The summed E-state index contributed by atoms with van der Waals surface area (Å²) in [7, 11) is 1.91. The summed E-state index contributed by atoms with van der Waals surface area (Å²) in [5, 5.41) is 13.1. The van der Waals surface area contributed by atoms with Gasteiger partial charge in [0.2, 0.25) is 11.8 Å². The van der Waals surface area contributed by atoms with Gasteiger partial charge in [-0.3, -0.25) is 9.48 Å². The highest BCUT2D eigenvalue weighted by molar-refractivity contribution is 5.83. The van der Waals surface area contributed by atoms with Crippen molar-refractivity contribution in [1.82, 2.24) is 24.9 Å². The summed E-state index contributed by atoms with van der Waals surface area (Å²) in [6.45, 7) is 3.84. The zero-order chi connectivity index (χ0) is 23.0. The van der Waals surface area contributed by atoms with Crippen molar-refractivity contribution in [2.24, 2.45) is 42.1 Å². The van der Waals surface area contributed by atoms with Crippen molar-refractivity contribution in [3.05, 3.63) is 24.0 Å². The average molecular weight is 462 g/mol. The Hall–Kier alpha value is -2.44. The molecule has 7 nitrogen and oxygen atoms in total. The Balaban J connectivity index is 0.971. The number of aryl methyl sites for hydroxylation is 2. The Morgan fingerprint density at radius 2 is 1.62 bits per heavy atom. The Kier molecular flexibility index (Phi) is 4.63. The predicted molar refractivity (Wildman–Crippen MR) is 127 cm³/mol. The molecule has 3 heterocycles. The van der Waals surface area contributed by atoms with Crippen LogP contribution in [0.5, 0.6) is 5.88 Å². The van der Waals surface area contributed by atoms with E-state index in [1.165, 1.54) is 38.5 Å². The molecule has 0 unspecified atom stereocenters. The zero-order valence-corrected chi connectivity index (χ0v) is 20.3. The van der Waals surface area contributed by atoms with Crippen LogP contribution in [-0.2, 0) is 11.8 Å². The molecule has 34 heavy (non-hydrogen) atoms. The van der Waals surface area contributed by atoms with Crippen LogP contribution >= 0.6 is 0 Å². The van der Waals surface area contributed by atoms with Crippen LogP contribution in [0.4, 0.5) is 0 Å². The predicted octanol–water partition coefficient (Wildman–Crippen LogP) is 4.02. The van der Waals surface area contributed by atoms with E-state index in [0.717, 1.165) is 60.6 Å². The molecule has 1 saturated heterocycles. The summed E-state index contributed by atoms with van der Waals surface area (Å²) in [5.74, 6) is 4.70.